The van der Waals surface area contributed by atoms with Gasteiger partial charge < -0.3 is 10.1 Å². The minimum atomic E-state index is -0.199. The van der Waals surface area contributed by atoms with Crippen molar-refractivity contribution in [2.24, 2.45) is 0 Å². The minimum absolute atomic E-state index is 0.124. The van der Waals surface area contributed by atoms with E-state index >= 15 is 0 Å². The summed E-state index contributed by atoms with van der Waals surface area (Å²) in [4.78, 5) is 0. The van der Waals surface area contributed by atoms with Gasteiger partial charge in [-0.15, -0.1) is 0 Å². The fourth-order valence-corrected chi connectivity index (χ4v) is 2.80. The van der Waals surface area contributed by atoms with Crippen LogP contribution in [0.25, 0.3) is 0 Å². The molecule has 0 fully saturated rings. The molecule has 0 bridgehead atoms. The summed E-state index contributed by atoms with van der Waals surface area (Å²) in [6, 6.07) is 12.9. The molecule has 0 radical (unpaired) electrons. The van der Waals surface area contributed by atoms with Gasteiger partial charge in [0.25, 0.3) is 0 Å². The minimum Gasteiger partial charge on any atom is -0.493 e. The van der Waals surface area contributed by atoms with Crippen LogP contribution in [-0.2, 0) is 6.42 Å². The van der Waals surface area contributed by atoms with E-state index in [-0.39, 0.29) is 11.9 Å². The number of ether oxygens (including phenoxy) is 1. The highest BCUT2D eigenvalue weighted by atomic mass is 79.9. The molecule has 2 rings (SSSR count). The first-order chi connectivity index (χ1) is 10.1. The van der Waals surface area contributed by atoms with Crippen LogP contribution in [-0.4, -0.2) is 13.7 Å². The molecule has 1 N–H and O–H groups in total. The Bertz CT molecular complexity index is 603. The standard InChI is InChI=1S/C17H19BrFNO/c1-3-21-17-8-7-13(11-15(17)18)16(20-2)10-12-5-4-6-14(19)9-12/h4-9,11,16,20H,3,10H2,1-2H3. The lowest BCUT2D eigenvalue weighted by Crippen LogP contribution is -2.19. The zero-order valence-corrected chi connectivity index (χ0v) is 13.8. The van der Waals surface area contributed by atoms with Crippen molar-refractivity contribution in [3.8, 4) is 5.75 Å². The highest BCUT2D eigenvalue weighted by Crippen LogP contribution is 2.29. The van der Waals surface area contributed by atoms with Crippen molar-refractivity contribution in [3.63, 3.8) is 0 Å². The van der Waals surface area contributed by atoms with E-state index < -0.39 is 0 Å². The molecule has 0 spiro atoms. The second kappa shape index (κ2) is 7.57. The Morgan fingerprint density at radius 3 is 2.67 bits per heavy atom. The summed E-state index contributed by atoms with van der Waals surface area (Å²) in [5.74, 6) is 0.636. The second-order valence-electron chi connectivity index (χ2n) is 4.80. The molecule has 112 valence electrons. The highest BCUT2D eigenvalue weighted by Gasteiger charge is 2.12. The fraction of sp³-hybridized carbons (Fsp3) is 0.294. The molecular formula is C17H19BrFNO. The van der Waals surface area contributed by atoms with Crippen LogP contribution in [0.5, 0.6) is 5.75 Å². The molecule has 2 aromatic carbocycles. The summed E-state index contributed by atoms with van der Waals surface area (Å²) in [7, 11) is 1.91. The van der Waals surface area contributed by atoms with E-state index in [2.05, 4.69) is 21.2 Å². The fourth-order valence-electron chi connectivity index (χ4n) is 2.29. The molecule has 21 heavy (non-hydrogen) atoms. The Morgan fingerprint density at radius 1 is 1.24 bits per heavy atom. The van der Waals surface area contributed by atoms with E-state index in [1.807, 2.05) is 38.2 Å². The molecule has 0 aromatic heterocycles. The average Bonchev–Trinajstić information content (AvgIpc) is 2.47. The Hall–Kier alpha value is -1.39. The van der Waals surface area contributed by atoms with E-state index in [9.17, 15) is 4.39 Å². The lowest BCUT2D eigenvalue weighted by Gasteiger charge is -2.18. The summed E-state index contributed by atoms with van der Waals surface area (Å²) < 4.78 is 19.7. The number of benzene rings is 2. The topological polar surface area (TPSA) is 21.3 Å². The van der Waals surface area contributed by atoms with Gasteiger partial charge in [-0.1, -0.05) is 18.2 Å². The van der Waals surface area contributed by atoms with Gasteiger partial charge in [0, 0.05) is 6.04 Å². The lowest BCUT2D eigenvalue weighted by atomic mass is 9.99. The maximum atomic E-state index is 13.3. The molecule has 0 heterocycles. The van der Waals surface area contributed by atoms with Gasteiger partial charge >= 0.3 is 0 Å². The molecule has 1 unspecified atom stereocenters. The Morgan fingerprint density at radius 2 is 2.05 bits per heavy atom. The smallest absolute Gasteiger partial charge is 0.133 e. The van der Waals surface area contributed by atoms with E-state index in [1.54, 1.807) is 12.1 Å². The van der Waals surface area contributed by atoms with Gasteiger partial charge in [-0.05, 0) is 71.7 Å². The number of nitrogens with one attached hydrogen (secondary N) is 1. The van der Waals surface area contributed by atoms with E-state index in [0.29, 0.717) is 6.61 Å². The van der Waals surface area contributed by atoms with Gasteiger partial charge in [-0.3, -0.25) is 0 Å². The quantitative estimate of drug-likeness (QED) is 0.827. The molecule has 2 nitrogen and oxygen atoms in total. The lowest BCUT2D eigenvalue weighted by molar-refractivity contribution is 0.338. The highest BCUT2D eigenvalue weighted by molar-refractivity contribution is 9.10. The SMILES string of the molecule is CCOc1ccc(C(Cc2cccc(F)c2)NC)cc1Br. The third kappa shape index (κ3) is 4.29. The predicted octanol–water partition coefficient (Wildman–Crippen LogP) is 4.49. The summed E-state index contributed by atoms with van der Waals surface area (Å²) in [5, 5.41) is 3.28. The Kier molecular flexibility index (Phi) is 5.76. The normalized spacial score (nSPS) is 12.2. The van der Waals surface area contributed by atoms with Gasteiger partial charge in [0.05, 0.1) is 11.1 Å². The first-order valence-corrected chi connectivity index (χ1v) is 7.77. The third-order valence-corrected chi connectivity index (χ3v) is 3.96. The first-order valence-electron chi connectivity index (χ1n) is 6.98. The molecule has 0 aliphatic rings. The Balaban J connectivity index is 2.19. The number of hydrogen-bond donors (Lipinski definition) is 1. The van der Waals surface area contributed by atoms with Crippen LogP contribution in [0.2, 0.25) is 0 Å². The molecule has 1 atom stereocenters. The van der Waals surface area contributed by atoms with Crippen LogP contribution in [0.15, 0.2) is 46.9 Å². The molecular weight excluding hydrogens is 333 g/mol. The van der Waals surface area contributed by atoms with Crippen molar-refractivity contribution in [3.05, 3.63) is 63.9 Å². The van der Waals surface area contributed by atoms with Crippen molar-refractivity contribution in [1.82, 2.24) is 5.32 Å². The summed E-state index contributed by atoms with van der Waals surface area (Å²) in [6.45, 7) is 2.59. The Labute approximate surface area is 133 Å². The third-order valence-electron chi connectivity index (χ3n) is 3.34. The van der Waals surface area contributed by atoms with E-state index in [0.717, 1.165) is 27.8 Å². The molecule has 0 amide bonds. The zero-order valence-electron chi connectivity index (χ0n) is 12.2. The van der Waals surface area contributed by atoms with E-state index in [4.69, 9.17) is 4.74 Å². The first kappa shape index (κ1) is 16.0. The zero-order chi connectivity index (χ0) is 15.2. The van der Waals surface area contributed by atoms with Crippen LogP contribution in [0.4, 0.5) is 4.39 Å². The maximum Gasteiger partial charge on any atom is 0.133 e. The second-order valence-corrected chi connectivity index (χ2v) is 5.65. The van der Waals surface area contributed by atoms with Crippen molar-refractivity contribution >= 4 is 15.9 Å². The summed E-state index contributed by atoms with van der Waals surface area (Å²) in [6.07, 6.45) is 0.731. The van der Waals surface area contributed by atoms with Crippen molar-refractivity contribution in [2.45, 2.75) is 19.4 Å². The molecule has 2 aromatic rings. The van der Waals surface area contributed by atoms with Crippen molar-refractivity contribution in [1.29, 1.82) is 0 Å². The van der Waals surface area contributed by atoms with Crippen molar-refractivity contribution in [2.75, 3.05) is 13.7 Å². The van der Waals surface area contributed by atoms with Gasteiger partial charge in [-0.2, -0.15) is 0 Å². The largest absolute Gasteiger partial charge is 0.493 e. The van der Waals surface area contributed by atoms with Crippen LogP contribution in [0, 0.1) is 5.82 Å². The van der Waals surface area contributed by atoms with Crippen LogP contribution in [0.3, 0.4) is 0 Å². The molecule has 4 heteroatoms. The van der Waals surface area contributed by atoms with Crippen LogP contribution in [0.1, 0.15) is 24.1 Å². The van der Waals surface area contributed by atoms with Gasteiger partial charge in [0.2, 0.25) is 0 Å². The number of likely N-dealkylation sites (N-methyl/N-ethyl adjacent to an activating group) is 1. The summed E-state index contributed by atoms with van der Waals surface area (Å²) in [5.41, 5.74) is 2.11. The number of rotatable bonds is 6. The monoisotopic (exact) mass is 351 g/mol. The van der Waals surface area contributed by atoms with E-state index in [1.165, 1.54) is 6.07 Å². The molecule has 0 saturated carbocycles. The number of hydrogen-bond acceptors (Lipinski definition) is 2. The maximum absolute atomic E-state index is 13.3. The number of halogens is 2. The van der Waals surface area contributed by atoms with Crippen LogP contribution < -0.4 is 10.1 Å². The van der Waals surface area contributed by atoms with Crippen molar-refractivity contribution < 1.29 is 9.13 Å². The van der Waals surface area contributed by atoms with Gasteiger partial charge in [-0.25, -0.2) is 4.39 Å². The average molecular weight is 352 g/mol. The van der Waals surface area contributed by atoms with Crippen LogP contribution >= 0.6 is 15.9 Å². The molecule has 0 aliphatic heterocycles. The molecule has 0 saturated heterocycles. The summed E-state index contributed by atoms with van der Waals surface area (Å²) >= 11 is 3.53. The van der Waals surface area contributed by atoms with Gasteiger partial charge in [0.1, 0.15) is 11.6 Å². The van der Waals surface area contributed by atoms with Gasteiger partial charge in [0.15, 0.2) is 0 Å². The molecule has 0 aliphatic carbocycles. The predicted molar refractivity (Wildman–Crippen MR) is 87.2 cm³/mol.